The summed E-state index contributed by atoms with van der Waals surface area (Å²) in [6.07, 6.45) is 4.17. The fraction of sp³-hybridized carbons (Fsp3) is 0.294. The van der Waals surface area contributed by atoms with Gasteiger partial charge in [-0.2, -0.15) is 5.10 Å². The molecule has 1 aromatic carbocycles. The number of para-hydroxylation sites is 1. The molecule has 0 aliphatic rings. The van der Waals surface area contributed by atoms with Gasteiger partial charge >= 0.3 is 0 Å². The van der Waals surface area contributed by atoms with Crippen molar-refractivity contribution in [3.63, 3.8) is 0 Å². The third kappa shape index (κ3) is 3.56. The van der Waals surface area contributed by atoms with E-state index in [2.05, 4.69) is 20.4 Å². The van der Waals surface area contributed by atoms with E-state index in [0.717, 1.165) is 28.2 Å². The fourth-order valence-electron chi connectivity index (χ4n) is 2.25. The molecule has 0 spiro atoms. The molecule has 0 saturated carbocycles. The van der Waals surface area contributed by atoms with Crippen molar-refractivity contribution in [1.29, 1.82) is 0 Å². The third-order valence-corrected chi connectivity index (χ3v) is 4.70. The van der Waals surface area contributed by atoms with Gasteiger partial charge in [0.1, 0.15) is 11.4 Å². The van der Waals surface area contributed by atoms with Gasteiger partial charge in [0.15, 0.2) is 5.65 Å². The lowest BCUT2D eigenvalue weighted by atomic mass is 10.3. The number of carbonyl (C=O) groups excluding carboxylic acids is 1. The van der Waals surface area contributed by atoms with E-state index in [0.29, 0.717) is 5.75 Å². The van der Waals surface area contributed by atoms with E-state index in [1.165, 1.54) is 18.1 Å². The minimum absolute atomic E-state index is 0.0107. The molecule has 7 heteroatoms. The second kappa shape index (κ2) is 7.44. The zero-order valence-electron chi connectivity index (χ0n) is 13.6. The van der Waals surface area contributed by atoms with Crippen molar-refractivity contribution in [3.8, 4) is 5.69 Å². The summed E-state index contributed by atoms with van der Waals surface area (Å²) in [6, 6.07) is 10.0. The van der Waals surface area contributed by atoms with Crippen LogP contribution < -0.4 is 5.32 Å². The van der Waals surface area contributed by atoms with Crippen LogP contribution in [0.15, 0.2) is 47.9 Å². The maximum Gasteiger partial charge on any atom is 0.230 e. The van der Waals surface area contributed by atoms with Crippen molar-refractivity contribution in [2.75, 3.05) is 5.75 Å². The Labute approximate surface area is 144 Å². The number of amides is 1. The summed E-state index contributed by atoms with van der Waals surface area (Å²) in [7, 11) is 0. The maximum atomic E-state index is 12.0. The van der Waals surface area contributed by atoms with E-state index in [-0.39, 0.29) is 11.9 Å². The molecular formula is C17H19N5OS. The van der Waals surface area contributed by atoms with Crippen LogP contribution in [0.5, 0.6) is 0 Å². The topological polar surface area (TPSA) is 72.7 Å². The Balaban J connectivity index is 1.81. The van der Waals surface area contributed by atoms with Gasteiger partial charge in [-0.25, -0.2) is 14.6 Å². The smallest absolute Gasteiger partial charge is 0.230 e. The molecule has 6 nitrogen and oxygen atoms in total. The first-order chi connectivity index (χ1) is 11.7. The molecule has 1 atom stereocenters. The molecule has 3 rings (SSSR count). The minimum atomic E-state index is 0.0107. The number of carbonyl (C=O) groups is 1. The molecular weight excluding hydrogens is 322 g/mol. The summed E-state index contributed by atoms with van der Waals surface area (Å²) in [4.78, 5) is 20.6. The van der Waals surface area contributed by atoms with Crippen molar-refractivity contribution in [2.45, 2.75) is 31.3 Å². The van der Waals surface area contributed by atoms with Gasteiger partial charge in [0.05, 0.1) is 23.0 Å². The zero-order valence-corrected chi connectivity index (χ0v) is 14.5. The lowest BCUT2D eigenvalue weighted by Crippen LogP contribution is -2.33. The molecule has 124 valence electrons. The predicted octanol–water partition coefficient (Wildman–Crippen LogP) is 2.82. The van der Waals surface area contributed by atoms with E-state index in [1.807, 2.05) is 44.2 Å². The Morgan fingerprint density at radius 2 is 2.08 bits per heavy atom. The van der Waals surface area contributed by atoms with Crippen LogP contribution in [-0.4, -0.2) is 37.5 Å². The normalized spacial score (nSPS) is 12.2. The molecule has 1 N–H and O–H groups in total. The van der Waals surface area contributed by atoms with Crippen LogP contribution in [0.4, 0.5) is 0 Å². The van der Waals surface area contributed by atoms with Crippen LogP contribution >= 0.6 is 11.8 Å². The predicted molar refractivity (Wildman–Crippen MR) is 95.3 cm³/mol. The highest BCUT2D eigenvalue weighted by atomic mass is 32.2. The summed E-state index contributed by atoms with van der Waals surface area (Å²) in [5.41, 5.74) is 1.68. The Hall–Kier alpha value is -2.41. The number of benzene rings is 1. The van der Waals surface area contributed by atoms with Crippen molar-refractivity contribution < 1.29 is 4.79 Å². The van der Waals surface area contributed by atoms with E-state index >= 15 is 0 Å². The first-order valence-electron chi connectivity index (χ1n) is 7.85. The Kier molecular flexibility index (Phi) is 5.10. The van der Waals surface area contributed by atoms with Crippen LogP contribution in [0, 0.1) is 0 Å². The highest BCUT2D eigenvalue weighted by Crippen LogP contribution is 2.25. The third-order valence-electron chi connectivity index (χ3n) is 3.69. The van der Waals surface area contributed by atoms with Crippen molar-refractivity contribution in [2.24, 2.45) is 0 Å². The molecule has 2 aromatic heterocycles. The quantitative estimate of drug-likeness (QED) is 0.551. The molecule has 0 aliphatic heterocycles. The molecule has 2 heterocycles. The summed E-state index contributed by atoms with van der Waals surface area (Å²) < 4.78 is 1.78. The molecule has 0 bridgehead atoms. The standard InChI is InChI=1S/C17H19N5OS/c1-3-12(2)21-15(23)10-24-17-14-9-20-22(16(14)18-11-19-17)13-7-5-4-6-8-13/h4-9,11-12H,3,10H2,1-2H3,(H,21,23). The van der Waals surface area contributed by atoms with Crippen molar-refractivity contribution in [3.05, 3.63) is 42.9 Å². The summed E-state index contributed by atoms with van der Waals surface area (Å²) in [5.74, 6) is 0.337. The Morgan fingerprint density at radius 1 is 1.29 bits per heavy atom. The maximum absolute atomic E-state index is 12.0. The van der Waals surface area contributed by atoms with Gasteiger partial charge in [-0.15, -0.1) is 0 Å². The summed E-state index contributed by atoms with van der Waals surface area (Å²) in [6.45, 7) is 4.04. The highest BCUT2D eigenvalue weighted by molar-refractivity contribution is 8.00. The number of nitrogens with one attached hydrogen (secondary N) is 1. The van der Waals surface area contributed by atoms with Gasteiger partial charge in [-0.1, -0.05) is 36.9 Å². The van der Waals surface area contributed by atoms with Gasteiger partial charge in [-0.3, -0.25) is 4.79 Å². The second-order valence-electron chi connectivity index (χ2n) is 5.47. The number of fused-ring (bicyclic) bond motifs is 1. The average Bonchev–Trinajstić information content (AvgIpc) is 3.05. The molecule has 3 aromatic rings. The molecule has 1 unspecified atom stereocenters. The first kappa shape index (κ1) is 16.4. The number of hydrogen-bond acceptors (Lipinski definition) is 5. The van der Waals surface area contributed by atoms with Gasteiger partial charge in [0.2, 0.25) is 5.91 Å². The Bertz CT molecular complexity index is 833. The number of hydrogen-bond donors (Lipinski definition) is 1. The number of aromatic nitrogens is 4. The van der Waals surface area contributed by atoms with E-state index in [4.69, 9.17) is 0 Å². The summed E-state index contributed by atoms with van der Waals surface area (Å²) >= 11 is 1.40. The van der Waals surface area contributed by atoms with E-state index < -0.39 is 0 Å². The van der Waals surface area contributed by atoms with Crippen LogP contribution in [0.3, 0.4) is 0 Å². The minimum Gasteiger partial charge on any atom is -0.353 e. The molecule has 0 aliphatic carbocycles. The molecule has 24 heavy (non-hydrogen) atoms. The average molecular weight is 341 g/mol. The number of nitrogens with zero attached hydrogens (tertiary/aromatic N) is 4. The zero-order chi connectivity index (χ0) is 16.9. The van der Waals surface area contributed by atoms with Crippen LogP contribution in [0.25, 0.3) is 16.7 Å². The number of thioether (sulfide) groups is 1. The lowest BCUT2D eigenvalue weighted by molar-refractivity contribution is -0.119. The molecule has 0 fully saturated rings. The highest BCUT2D eigenvalue weighted by Gasteiger charge is 2.13. The fourth-order valence-corrected chi connectivity index (χ4v) is 3.02. The lowest BCUT2D eigenvalue weighted by Gasteiger charge is -2.10. The second-order valence-corrected chi connectivity index (χ2v) is 6.44. The summed E-state index contributed by atoms with van der Waals surface area (Å²) in [5, 5.41) is 8.99. The molecule has 0 saturated heterocycles. The largest absolute Gasteiger partial charge is 0.353 e. The molecule has 0 radical (unpaired) electrons. The van der Waals surface area contributed by atoms with Crippen molar-refractivity contribution in [1.82, 2.24) is 25.1 Å². The van der Waals surface area contributed by atoms with Gasteiger partial charge in [0.25, 0.3) is 0 Å². The number of rotatable bonds is 6. The van der Waals surface area contributed by atoms with Crippen LogP contribution in [0.2, 0.25) is 0 Å². The first-order valence-corrected chi connectivity index (χ1v) is 8.84. The van der Waals surface area contributed by atoms with E-state index in [9.17, 15) is 4.79 Å². The molecule has 1 amide bonds. The van der Waals surface area contributed by atoms with Crippen LogP contribution in [0.1, 0.15) is 20.3 Å². The van der Waals surface area contributed by atoms with Gasteiger partial charge in [-0.05, 0) is 25.5 Å². The van der Waals surface area contributed by atoms with Crippen molar-refractivity contribution >= 4 is 28.7 Å². The SMILES string of the molecule is CCC(C)NC(=O)CSc1ncnc2c1cnn2-c1ccccc1. The van der Waals surface area contributed by atoms with Crippen LogP contribution in [-0.2, 0) is 4.79 Å². The monoisotopic (exact) mass is 341 g/mol. The Morgan fingerprint density at radius 3 is 2.83 bits per heavy atom. The van der Waals surface area contributed by atoms with Gasteiger partial charge < -0.3 is 5.32 Å². The van der Waals surface area contributed by atoms with E-state index in [1.54, 1.807) is 10.9 Å². The van der Waals surface area contributed by atoms with Gasteiger partial charge in [0, 0.05) is 6.04 Å².